The minimum atomic E-state index is -0.425. The molecule has 1 aromatic heterocycles. The third-order valence-corrected chi connectivity index (χ3v) is 3.47. The first-order chi connectivity index (χ1) is 10.2. The van der Waals surface area contributed by atoms with Crippen LogP contribution in [0.2, 0.25) is 0 Å². The van der Waals surface area contributed by atoms with Gasteiger partial charge in [0, 0.05) is 0 Å². The van der Waals surface area contributed by atoms with Crippen molar-refractivity contribution in [2.45, 2.75) is 39.7 Å². The van der Waals surface area contributed by atoms with Crippen molar-refractivity contribution in [1.82, 2.24) is 15.0 Å². The molecule has 2 aromatic rings. The zero-order valence-electron chi connectivity index (χ0n) is 12.8. The first-order valence-electron chi connectivity index (χ1n) is 7.28. The van der Waals surface area contributed by atoms with Crippen molar-refractivity contribution in [3.63, 3.8) is 0 Å². The number of aryl methyl sites for hydroxylation is 1. The summed E-state index contributed by atoms with van der Waals surface area (Å²) in [5.41, 5.74) is 3.61. The predicted molar refractivity (Wildman–Crippen MR) is 80.3 cm³/mol. The standard InChI is InChI=1S/C16H21N3O2/c1-4-6-14-15(16(20)21-3)17-18-19(14)11-13-9-7-12(5-2)8-10-13/h7-10H,4-6,11H2,1-3H3. The number of hydrogen-bond donors (Lipinski definition) is 0. The summed E-state index contributed by atoms with van der Waals surface area (Å²) in [4.78, 5) is 11.7. The number of carbonyl (C=O) groups excluding carboxylic acids is 1. The molecule has 0 saturated heterocycles. The van der Waals surface area contributed by atoms with Crippen molar-refractivity contribution >= 4 is 5.97 Å². The van der Waals surface area contributed by atoms with Crippen LogP contribution in [-0.4, -0.2) is 28.1 Å². The normalized spacial score (nSPS) is 10.6. The summed E-state index contributed by atoms with van der Waals surface area (Å²) < 4.78 is 6.55. The summed E-state index contributed by atoms with van der Waals surface area (Å²) >= 11 is 0. The molecule has 0 aliphatic heterocycles. The first-order valence-corrected chi connectivity index (χ1v) is 7.28. The van der Waals surface area contributed by atoms with E-state index in [0.717, 1.165) is 30.5 Å². The fourth-order valence-corrected chi connectivity index (χ4v) is 2.25. The second kappa shape index (κ2) is 7.02. The van der Waals surface area contributed by atoms with Gasteiger partial charge in [-0.3, -0.25) is 0 Å². The summed E-state index contributed by atoms with van der Waals surface area (Å²) in [6, 6.07) is 8.42. The van der Waals surface area contributed by atoms with Crippen molar-refractivity contribution in [3.05, 3.63) is 46.8 Å². The van der Waals surface area contributed by atoms with Gasteiger partial charge in [-0.15, -0.1) is 5.10 Å². The molecule has 0 N–H and O–H groups in total. The lowest BCUT2D eigenvalue weighted by Crippen LogP contribution is -2.10. The molecule has 21 heavy (non-hydrogen) atoms. The van der Waals surface area contributed by atoms with Crippen LogP contribution in [0.5, 0.6) is 0 Å². The highest BCUT2D eigenvalue weighted by Crippen LogP contribution is 2.13. The monoisotopic (exact) mass is 287 g/mol. The number of methoxy groups -OCH3 is 1. The fraction of sp³-hybridized carbons (Fsp3) is 0.438. The molecule has 0 aliphatic rings. The Morgan fingerprint density at radius 3 is 2.43 bits per heavy atom. The number of esters is 1. The van der Waals surface area contributed by atoms with E-state index in [-0.39, 0.29) is 0 Å². The van der Waals surface area contributed by atoms with Gasteiger partial charge in [-0.2, -0.15) is 0 Å². The molecule has 0 fully saturated rings. The molecule has 0 bridgehead atoms. The van der Waals surface area contributed by atoms with Crippen molar-refractivity contribution < 1.29 is 9.53 Å². The van der Waals surface area contributed by atoms with Crippen molar-refractivity contribution in [2.24, 2.45) is 0 Å². The number of hydrogen-bond acceptors (Lipinski definition) is 4. The summed E-state index contributed by atoms with van der Waals surface area (Å²) in [5, 5.41) is 8.08. The molecule has 0 spiro atoms. The Labute approximate surface area is 124 Å². The van der Waals surface area contributed by atoms with E-state index in [9.17, 15) is 4.79 Å². The average molecular weight is 287 g/mol. The number of nitrogens with zero attached hydrogens (tertiary/aromatic N) is 3. The molecule has 0 amide bonds. The number of benzene rings is 1. The molecule has 1 aromatic carbocycles. The van der Waals surface area contributed by atoms with Gasteiger partial charge in [0.25, 0.3) is 0 Å². The molecule has 112 valence electrons. The average Bonchev–Trinajstić information content (AvgIpc) is 2.90. The Kier molecular flexibility index (Phi) is 5.09. The molecular formula is C16H21N3O2. The van der Waals surface area contributed by atoms with E-state index in [1.54, 1.807) is 4.68 Å². The number of aromatic nitrogens is 3. The molecular weight excluding hydrogens is 266 g/mol. The van der Waals surface area contributed by atoms with E-state index < -0.39 is 5.97 Å². The number of ether oxygens (including phenoxy) is 1. The minimum absolute atomic E-state index is 0.324. The van der Waals surface area contributed by atoms with Gasteiger partial charge < -0.3 is 4.74 Å². The first kappa shape index (κ1) is 15.2. The van der Waals surface area contributed by atoms with Gasteiger partial charge >= 0.3 is 5.97 Å². The van der Waals surface area contributed by atoms with Crippen LogP contribution < -0.4 is 0 Å². The summed E-state index contributed by atoms with van der Waals surface area (Å²) in [6.07, 6.45) is 2.70. The van der Waals surface area contributed by atoms with Crippen molar-refractivity contribution in [3.8, 4) is 0 Å². The topological polar surface area (TPSA) is 57.0 Å². The van der Waals surface area contributed by atoms with Crippen LogP contribution in [0.4, 0.5) is 0 Å². The van der Waals surface area contributed by atoms with Crippen LogP contribution in [0.15, 0.2) is 24.3 Å². The largest absolute Gasteiger partial charge is 0.464 e. The zero-order chi connectivity index (χ0) is 15.2. The van der Waals surface area contributed by atoms with Gasteiger partial charge in [0.15, 0.2) is 5.69 Å². The third-order valence-electron chi connectivity index (χ3n) is 3.47. The minimum Gasteiger partial charge on any atom is -0.464 e. The van der Waals surface area contributed by atoms with Crippen LogP contribution in [0.3, 0.4) is 0 Å². The van der Waals surface area contributed by atoms with Crippen LogP contribution in [0.1, 0.15) is 47.6 Å². The zero-order valence-corrected chi connectivity index (χ0v) is 12.8. The van der Waals surface area contributed by atoms with Gasteiger partial charge in [-0.1, -0.05) is 49.7 Å². The smallest absolute Gasteiger partial charge is 0.360 e. The molecule has 5 heteroatoms. The Balaban J connectivity index is 2.25. The van der Waals surface area contributed by atoms with Gasteiger partial charge in [0.2, 0.25) is 0 Å². The van der Waals surface area contributed by atoms with Crippen LogP contribution >= 0.6 is 0 Å². The maximum atomic E-state index is 11.7. The highest BCUT2D eigenvalue weighted by molar-refractivity contribution is 5.88. The predicted octanol–water partition coefficient (Wildman–Crippen LogP) is 2.63. The van der Waals surface area contributed by atoms with E-state index in [0.29, 0.717) is 12.2 Å². The SMILES string of the molecule is CCCc1c(C(=O)OC)nnn1Cc1ccc(CC)cc1. The van der Waals surface area contributed by atoms with Gasteiger partial charge in [0.05, 0.1) is 19.3 Å². The fourth-order valence-electron chi connectivity index (χ4n) is 2.25. The summed E-state index contributed by atoms with van der Waals surface area (Å²) in [6.45, 7) is 4.81. The molecule has 0 unspecified atom stereocenters. The van der Waals surface area contributed by atoms with Crippen LogP contribution in [-0.2, 0) is 24.1 Å². The quantitative estimate of drug-likeness (QED) is 0.766. The van der Waals surface area contributed by atoms with E-state index in [2.05, 4.69) is 48.4 Å². The highest BCUT2D eigenvalue weighted by Gasteiger charge is 2.19. The number of carbonyl (C=O) groups is 1. The van der Waals surface area contributed by atoms with Crippen LogP contribution in [0, 0.1) is 0 Å². The maximum Gasteiger partial charge on any atom is 0.360 e. The molecule has 0 aliphatic carbocycles. The summed E-state index contributed by atoms with van der Waals surface area (Å²) in [5.74, 6) is -0.425. The molecule has 2 rings (SSSR count). The Morgan fingerprint density at radius 1 is 1.19 bits per heavy atom. The van der Waals surface area contributed by atoms with E-state index in [1.165, 1.54) is 12.7 Å². The van der Waals surface area contributed by atoms with E-state index in [4.69, 9.17) is 4.74 Å². The molecule has 5 nitrogen and oxygen atoms in total. The van der Waals surface area contributed by atoms with E-state index in [1.807, 2.05) is 0 Å². The van der Waals surface area contributed by atoms with E-state index >= 15 is 0 Å². The summed E-state index contributed by atoms with van der Waals surface area (Å²) in [7, 11) is 1.36. The molecule has 0 atom stereocenters. The Morgan fingerprint density at radius 2 is 1.86 bits per heavy atom. The lowest BCUT2D eigenvalue weighted by molar-refractivity contribution is 0.0592. The second-order valence-corrected chi connectivity index (χ2v) is 4.95. The molecule has 0 saturated carbocycles. The highest BCUT2D eigenvalue weighted by atomic mass is 16.5. The molecule has 1 heterocycles. The van der Waals surface area contributed by atoms with Crippen molar-refractivity contribution in [2.75, 3.05) is 7.11 Å². The molecule has 0 radical (unpaired) electrons. The third kappa shape index (κ3) is 3.48. The number of rotatable bonds is 6. The van der Waals surface area contributed by atoms with Gasteiger partial charge in [-0.25, -0.2) is 9.48 Å². The second-order valence-electron chi connectivity index (χ2n) is 4.95. The van der Waals surface area contributed by atoms with Crippen LogP contribution in [0.25, 0.3) is 0 Å². The van der Waals surface area contributed by atoms with Crippen molar-refractivity contribution in [1.29, 1.82) is 0 Å². The lowest BCUT2D eigenvalue weighted by Gasteiger charge is -2.07. The Bertz CT molecular complexity index is 602. The maximum absolute atomic E-state index is 11.7. The van der Waals surface area contributed by atoms with Gasteiger partial charge in [-0.05, 0) is 24.0 Å². The van der Waals surface area contributed by atoms with Gasteiger partial charge in [0.1, 0.15) is 0 Å². The Hall–Kier alpha value is -2.17. The lowest BCUT2D eigenvalue weighted by atomic mass is 10.1.